The molecule has 0 unspecified atom stereocenters. The Morgan fingerprint density at radius 2 is 2.06 bits per heavy atom. The first-order chi connectivity index (χ1) is 8.09. The molecule has 0 aromatic carbocycles. The smallest absolute Gasteiger partial charge is 0.255 e. The summed E-state index contributed by atoms with van der Waals surface area (Å²) in [5.41, 5.74) is 6.85. The van der Waals surface area contributed by atoms with Gasteiger partial charge in [-0.2, -0.15) is 0 Å². The number of piperidine rings is 1. The number of nitrogens with two attached hydrogens (primary N) is 1. The Labute approximate surface area is 100.0 Å². The molecule has 0 bridgehead atoms. The van der Waals surface area contributed by atoms with Crippen molar-refractivity contribution in [3.63, 3.8) is 0 Å². The molecule has 2 rings (SSSR count). The van der Waals surface area contributed by atoms with Crippen molar-refractivity contribution in [3.05, 3.63) is 23.5 Å². The van der Waals surface area contributed by atoms with E-state index in [9.17, 15) is 9.59 Å². The summed E-state index contributed by atoms with van der Waals surface area (Å²) in [6.07, 6.45) is 3.10. The third-order valence-electron chi connectivity index (χ3n) is 3.37. The lowest BCUT2D eigenvalue weighted by atomic mass is 9.96. The van der Waals surface area contributed by atoms with E-state index in [1.807, 2.05) is 6.92 Å². The number of likely N-dealkylation sites (tertiary alicyclic amines) is 1. The first-order valence-corrected chi connectivity index (χ1v) is 5.82. The average molecular weight is 235 g/mol. The van der Waals surface area contributed by atoms with Crippen molar-refractivity contribution in [1.29, 1.82) is 0 Å². The van der Waals surface area contributed by atoms with Gasteiger partial charge in [0.1, 0.15) is 0 Å². The van der Waals surface area contributed by atoms with Crippen molar-refractivity contribution in [1.82, 2.24) is 9.88 Å². The lowest BCUT2D eigenvalue weighted by Crippen LogP contribution is -2.41. The fraction of sp³-hybridized carbons (Fsp3) is 0.500. The summed E-state index contributed by atoms with van der Waals surface area (Å²) in [6, 6.07) is 1.79. The van der Waals surface area contributed by atoms with Crippen molar-refractivity contribution in [2.24, 2.45) is 11.7 Å². The van der Waals surface area contributed by atoms with E-state index in [4.69, 9.17) is 5.73 Å². The molecule has 0 radical (unpaired) electrons. The topological polar surface area (TPSA) is 79.2 Å². The van der Waals surface area contributed by atoms with Crippen molar-refractivity contribution >= 4 is 11.8 Å². The number of H-pyrrole nitrogens is 1. The highest BCUT2D eigenvalue weighted by atomic mass is 16.2. The van der Waals surface area contributed by atoms with Crippen LogP contribution >= 0.6 is 0 Å². The summed E-state index contributed by atoms with van der Waals surface area (Å²) in [6.45, 7) is 3.09. The number of primary amides is 1. The molecule has 1 aromatic heterocycles. The van der Waals surface area contributed by atoms with Crippen LogP contribution in [0.4, 0.5) is 0 Å². The second kappa shape index (κ2) is 4.61. The SMILES string of the molecule is Cc1[nH]ccc1C(=O)N1CCC(C(N)=O)CC1. The molecule has 1 aliphatic heterocycles. The Hall–Kier alpha value is -1.78. The molecule has 1 saturated heterocycles. The number of aromatic amines is 1. The molecule has 0 saturated carbocycles. The van der Waals surface area contributed by atoms with E-state index in [1.165, 1.54) is 0 Å². The van der Waals surface area contributed by atoms with Gasteiger partial charge in [-0.05, 0) is 25.8 Å². The van der Waals surface area contributed by atoms with Crippen LogP contribution in [-0.4, -0.2) is 34.8 Å². The minimum absolute atomic E-state index is 0.0340. The Morgan fingerprint density at radius 1 is 1.41 bits per heavy atom. The molecule has 17 heavy (non-hydrogen) atoms. The van der Waals surface area contributed by atoms with Gasteiger partial charge in [-0.1, -0.05) is 0 Å². The van der Waals surface area contributed by atoms with Crippen LogP contribution in [0.25, 0.3) is 0 Å². The largest absolute Gasteiger partial charge is 0.369 e. The summed E-state index contributed by atoms with van der Waals surface area (Å²) in [5.74, 6) is -0.298. The van der Waals surface area contributed by atoms with Gasteiger partial charge in [-0.25, -0.2) is 0 Å². The number of carbonyl (C=O) groups is 2. The maximum atomic E-state index is 12.1. The van der Waals surface area contributed by atoms with Crippen LogP contribution in [0.2, 0.25) is 0 Å². The zero-order valence-corrected chi connectivity index (χ0v) is 9.90. The minimum Gasteiger partial charge on any atom is -0.369 e. The highest BCUT2D eigenvalue weighted by Gasteiger charge is 2.27. The lowest BCUT2D eigenvalue weighted by Gasteiger charge is -2.30. The van der Waals surface area contributed by atoms with Crippen LogP contribution < -0.4 is 5.73 Å². The van der Waals surface area contributed by atoms with Gasteiger partial charge in [0.25, 0.3) is 5.91 Å². The van der Waals surface area contributed by atoms with Crippen LogP contribution in [0, 0.1) is 12.8 Å². The van der Waals surface area contributed by atoms with E-state index in [0.29, 0.717) is 31.5 Å². The Balaban J connectivity index is 2.00. The van der Waals surface area contributed by atoms with Gasteiger partial charge in [0, 0.05) is 30.9 Å². The van der Waals surface area contributed by atoms with Crippen molar-refractivity contribution in [2.75, 3.05) is 13.1 Å². The van der Waals surface area contributed by atoms with E-state index in [2.05, 4.69) is 4.98 Å². The minimum atomic E-state index is -0.255. The molecule has 1 aromatic rings. The van der Waals surface area contributed by atoms with E-state index < -0.39 is 0 Å². The number of hydrogen-bond donors (Lipinski definition) is 2. The summed E-state index contributed by atoms with van der Waals surface area (Å²) < 4.78 is 0. The van der Waals surface area contributed by atoms with Crippen molar-refractivity contribution < 1.29 is 9.59 Å². The van der Waals surface area contributed by atoms with Crippen molar-refractivity contribution in [3.8, 4) is 0 Å². The Morgan fingerprint density at radius 3 is 2.53 bits per heavy atom. The first kappa shape index (κ1) is 11.7. The molecule has 3 N–H and O–H groups in total. The van der Waals surface area contributed by atoms with Crippen LogP contribution in [0.15, 0.2) is 12.3 Å². The summed E-state index contributed by atoms with van der Waals surface area (Å²) in [4.78, 5) is 28.0. The molecule has 1 fully saturated rings. The van der Waals surface area contributed by atoms with Gasteiger partial charge in [0.15, 0.2) is 0 Å². The predicted octanol–water partition coefficient (Wildman–Crippen LogP) is 0.661. The highest BCUT2D eigenvalue weighted by Crippen LogP contribution is 2.19. The molecule has 5 nitrogen and oxygen atoms in total. The number of nitrogens with one attached hydrogen (secondary N) is 1. The normalized spacial score (nSPS) is 17.1. The molecule has 0 spiro atoms. The Kier molecular flexibility index (Phi) is 3.17. The van der Waals surface area contributed by atoms with Crippen molar-refractivity contribution in [2.45, 2.75) is 19.8 Å². The van der Waals surface area contributed by atoms with Gasteiger partial charge >= 0.3 is 0 Å². The van der Waals surface area contributed by atoms with Crippen LogP contribution in [0.1, 0.15) is 28.9 Å². The zero-order chi connectivity index (χ0) is 12.4. The van der Waals surface area contributed by atoms with Gasteiger partial charge in [-0.15, -0.1) is 0 Å². The van der Waals surface area contributed by atoms with E-state index in [0.717, 1.165) is 5.69 Å². The van der Waals surface area contributed by atoms with Crippen LogP contribution in [0.5, 0.6) is 0 Å². The fourth-order valence-corrected chi connectivity index (χ4v) is 2.22. The standard InChI is InChI=1S/C12H17N3O2/c1-8-10(2-5-14-8)12(17)15-6-3-9(4-7-15)11(13)16/h2,5,9,14H,3-4,6-7H2,1H3,(H2,13,16). The molecule has 2 heterocycles. The monoisotopic (exact) mass is 235 g/mol. The van der Waals surface area contributed by atoms with Gasteiger partial charge in [0.2, 0.25) is 5.91 Å². The third kappa shape index (κ3) is 2.33. The molecular formula is C12H17N3O2. The summed E-state index contributed by atoms with van der Waals surface area (Å²) in [7, 11) is 0. The third-order valence-corrected chi connectivity index (χ3v) is 3.37. The Bertz CT molecular complexity index is 431. The fourth-order valence-electron chi connectivity index (χ4n) is 2.22. The number of carbonyl (C=O) groups excluding carboxylic acids is 2. The number of amides is 2. The molecule has 1 aliphatic rings. The maximum Gasteiger partial charge on any atom is 0.255 e. The van der Waals surface area contributed by atoms with Gasteiger partial charge < -0.3 is 15.6 Å². The van der Waals surface area contributed by atoms with Gasteiger partial charge in [-0.3, -0.25) is 9.59 Å². The van der Waals surface area contributed by atoms with E-state index in [1.54, 1.807) is 17.2 Å². The molecule has 92 valence electrons. The number of rotatable bonds is 2. The maximum absolute atomic E-state index is 12.1. The second-order valence-electron chi connectivity index (χ2n) is 4.49. The number of aryl methyl sites for hydroxylation is 1. The van der Waals surface area contributed by atoms with Crippen LogP contribution in [0.3, 0.4) is 0 Å². The predicted molar refractivity (Wildman–Crippen MR) is 63.4 cm³/mol. The first-order valence-electron chi connectivity index (χ1n) is 5.82. The van der Waals surface area contributed by atoms with Crippen LogP contribution in [-0.2, 0) is 4.79 Å². The second-order valence-corrected chi connectivity index (χ2v) is 4.49. The molecule has 5 heteroatoms. The quantitative estimate of drug-likeness (QED) is 0.789. The molecule has 0 aliphatic carbocycles. The molecule has 0 atom stereocenters. The molecule has 2 amide bonds. The highest BCUT2D eigenvalue weighted by molar-refractivity contribution is 5.95. The molecular weight excluding hydrogens is 218 g/mol. The summed E-state index contributed by atoms with van der Waals surface area (Å²) >= 11 is 0. The number of aromatic nitrogens is 1. The average Bonchev–Trinajstić information content (AvgIpc) is 2.74. The van der Waals surface area contributed by atoms with E-state index >= 15 is 0 Å². The zero-order valence-electron chi connectivity index (χ0n) is 9.90. The van der Waals surface area contributed by atoms with E-state index in [-0.39, 0.29) is 17.7 Å². The number of hydrogen-bond acceptors (Lipinski definition) is 2. The number of nitrogens with zero attached hydrogens (tertiary/aromatic N) is 1. The summed E-state index contributed by atoms with van der Waals surface area (Å²) in [5, 5.41) is 0. The van der Waals surface area contributed by atoms with Gasteiger partial charge in [0.05, 0.1) is 5.56 Å². The lowest BCUT2D eigenvalue weighted by molar-refractivity contribution is -0.123.